The average Bonchev–Trinajstić information content (AvgIpc) is 2.01. The maximum absolute atomic E-state index is 10.7. The van der Waals surface area contributed by atoms with Crippen LogP contribution in [0, 0.1) is 0 Å². The molecular weight excluding hydrogens is 250 g/mol. The van der Waals surface area contributed by atoms with E-state index in [1.807, 2.05) is 0 Å². The van der Waals surface area contributed by atoms with Crippen molar-refractivity contribution in [2.45, 2.75) is 0 Å². The number of rotatable bonds is 2. The third-order valence-electron chi connectivity index (χ3n) is 1.45. The van der Waals surface area contributed by atoms with Crippen LogP contribution in [0.3, 0.4) is 0 Å². The fourth-order valence-corrected chi connectivity index (χ4v) is 1.47. The van der Waals surface area contributed by atoms with Crippen LogP contribution in [-0.4, -0.2) is 18.2 Å². The Morgan fingerprint density at radius 2 is 2.00 bits per heavy atom. The molecule has 0 amide bonds. The standard InChI is InChI=1S/C8H6Cl2O3.ClH/c1-13-6-3-4(9)2-5(10)7(6)8(11)12;/h2-3H,1H3,(H,11,12);1H. The van der Waals surface area contributed by atoms with Crippen LogP contribution in [0.2, 0.25) is 10.0 Å². The lowest BCUT2D eigenvalue weighted by Gasteiger charge is -2.06. The summed E-state index contributed by atoms with van der Waals surface area (Å²) in [7, 11) is 1.36. The largest absolute Gasteiger partial charge is 0.496 e. The molecule has 1 aromatic rings. The van der Waals surface area contributed by atoms with Gasteiger partial charge in [0.25, 0.3) is 0 Å². The van der Waals surface area contributed by atoms with Crippen molar-refractivity contribution in [1.82, 2.24) is 0 Å². The third-order valence-corrected chi connectivity index (χ3v) is 1.97. The highest BCUT2D eigenvalue weighted by Gasteiger charge is 2.16. The van der Waals surface area contributed by atoms with E-state index >= 15 is 0 Å². The van der Waals surface area contributed by atoms with Crippen LogP contribution in [-0.2, 0) is 0 Å². The van der Waals surface area contributed by atoms with Crippen molar-refractivity contribution in [3.8, 4) is 5.75 Å². The van der Waals surface area contributed by atoms with Gasteiger partial charge in [0, 0.05) is 5.02 Å². The lowest BCUT2D eigenvalue weighted by molar-refractivity contribution is 0.0693. The first-order valence-corrected chi connectivity index (χ1v) is 4.08. The van der Waals surface area contributed by atoms with Gasteiger partial charge in [-0.1, -0.05) is 23.2 Å². The van der Waals surface area contributed by atoms with E-state index in [1.54, 1.807) is 0 Å². The van der Waals surface area contributed by atoms with Gasteiger partial charge in [-0.25, -0.2) is 4.79 Å². The molecule has 0 spiro atoms. The monoisotopic (exact) mass is 256 g/mol. The number of hydrogen-bond donors (Lipinski definition) is 1. The zero-order valence-electron chi connectivity index (χ0n) is 7.08. The fourth-order valence-electron chi connectivity index (χ4n) is 0.919. The molecule has 0 aromatic heterocycles. The molecular formula is C8H7Cl3O3. The summed E-state index contributed by atoms with van der Waals surface area (Å²) < 4.78 is 4.82. The Morgan fingerprint density at radius 1 is 1.43 bits per heavy atom. The van der Waals surface area contributed by atoms with Gasteiger partial charge in [0.05, 0.1) is 12.1 Å². The number of halogens is 3. The minimum atomic E-state index is -1.14. The van der Waals surface area contributed by atoms with Gasteiger partial charge in [-0.05, 0) is 12.1 Å². The molecule has 14 heavy (non-hydrogen) atoms. The van der Waals surface area contributed by atoms with E-state index in [0.29, 0.717) is 5.02 Å². The second kappa shape index (κ2) is 5.29. The highest BCUT2D eigenvalue weighted by atomic mass is 35.5. The van der Waals surface area contributed by atoms with Gasteiger partial charge < -0.3 is 9.84 Å². The predicted molar refractivity (Wildman–Crippen MR) is 57.2 cm³/mol. The van der Waals surface area contributed by atoms with E-state index in [0.717, 1.165) is 0 Å². The maximum Gasteiger partial charge on any atom is 0.341 e. The minimum Gasteiger partial charge on any atom is -0.496 e. The summed E-state index contributed by atoms with van der Waals surface area (Å²) in [6.45, 7) is 0. The summed E-state index contributed by atoms with van der Waals surface area (Å²) >= 11 is 11.3. The zero-order valence-corrected chi connectivity index (χ0v) is 9.41. The Balaban J connectivity index is 0.00000169. The maximum atomic E-state index is 10.7. The average molecular weight is 257 g/mol. The summed E-state index contributed by atoms with van der Waals surface area (Å²) in [5.41, 5.74) is -0.0754. The van der Waals surface area contributed by atoms with Crippen molar-refractivity contribution in [3.63, 3.8) is 0 Å². The van der Waals surface area contributed by atoms with E-state index in [4.69, 9.17) is 33.0 Å². The summed E-state index contributed by atoms with van der Waals surface area (Å²) in [5, 5.41) is 9.17. The molecule has 0 bridgehead atoms. The van der Waals surface area contributed by atoms with Gasteiger partial charge in [0.2, 0.25) is 0 Å². The van der Waals surface area contributed by atoms with Gasteiger partial charge in [-0.15, -0.1) is 12.4 Å². The quantitative estimate of drug-likeness (QED) is 0.885. The molecule has 0 radical (unpaired) electrons. The number of carboxylic acid groups (broad SMARTS) is 1. The molecule has 1 aromatic carbocycles. The predicted octanol–water partition coefficient (Wildman–Crippen LogP) is 3.12. The van der Waals surface area contributed by atoms with E-state index in [-0.39, 0.29) is 28.7 Å². The molecule has 0 fully saturated rings. The Kier molecular flexibility index (Phi) is 5.05. The molecule has 0 unspecified atom stereocenters. The number of carboxylic acids is 1. The summed E-state index contributed by atoms with van der Waals surface area (Å²) in [5.74, 6) is -0.983. The number of methoxy groups -OCH3 is 1. The minimum absolute atomic E-state index is 0. The molecule has 0 aliphatic heterocycles. The Morgan fingerprint density at radius 3 is 2.43 bits per heavy atom. The van der Waals surface area contributed by atoms with E-state index in [9.17, 15) is 4.79 Å². The molecule has 1 N–H and O–H groups in total. The first-order valence-electron chi connectivity index (χ1n) is 3.32. The van der Waals surface area contributed by atoms with E-state index in [1.165, 1.54) is 19.2 Å². The van der Waals surface area contributed by atoms with Crippen LogP contribution in [0.4, 0.5) is 0 Å². The van der Waals surface area contributed by atoms with Crippen molar-refractivity contribution < 1.29 is 14.6 Å². The van der Waals surface area contributed by atoms with E-state index in [2.05, 4.69) is 0 Å². The second-order valence-electron chi connectivity index (χ2n) is 2.27. The van der Waals surface area contributed by atoms with Gasteiger partial charge in [0.15, 0.2) is 0 Å². The van der Waals surface area contributed by atoms with Gasteiger partial charge in [0.1, 0.15) is 11.3 Å². The van der Waals surface area contributed by atoms with Crippen LogP contribution < -0.4 is 4.74 Å². The van der Waals surface area contributed by atoms with Crippen LogP contribution >= 0.6 is 35.6 Å². The lowest BCUT2D eigenvalue weighted by Crippen LogP contribution is -2.01. The smallest absolute Gasteiger partial charge is 0.341 e. The van der Waals surface area contributed by atoms with E-state index < -0.39 is 5.97 Å². The SMILES string of the molecule is COc1cc(Cl)cc(Cl)c1C(=O)O.Cl. The Bertz CT molecular complexity index is 352. The molecule has 0 saturated heterocycles. The Hall–Kier alpha value is -0.640. The lowest BCUT2D eigenvalue weighted by atomic mass is 10.2. The summed E-state index contributed by atoms with van der Waals surface area (Å²) in [4.78, 5) is 10.7. The number of benzene rings is 1. The third kappa shape index (κ3) is 2.67. The molecule has 0 aliphatic rings. The van der Waals surface area contributed by atoms with Crippen molar-refractivity contribution in [3.05, 3.63) is 27.7 Å². The molecule has 3 nitrogen and oxygen atoms in total. The van der Waals surface area contributed by atoms with Crippen LogP contribution in [0.15, 0.2) is 12.1 Å². The summed E-state index contributed by atoms with van der Waals surface area (Å²) in [6, 6.07) is 2.76. The van der Waals surface area contributed by atoms with Crippen molar-refractivity contribution in [1.29, 1.82) is 0 Å². The fraction of sp³-hybridized carbons (Fsp3) is 0.125. The molecule has 1 rings (SSSR count). The van der Waals surface area contributed by atoms with Gasteiger partial charge in [-0.2, -0.15) is 0 Å². The van der Waals surface area contributed by atoms with Gasteiger partial charge >= 0.3 is 5.97 Å². The van der Waals surface area contributed by atoms with Crippen LogP contribution in [0.5, 0.6) is 5.75 Å². The molecule has 0 atom stereocenters. The first kappa shape index (κ1) is 13.4. The number of ether oxygens (including phenoxy) is 1. The number of aromatic carboxylic acids is 1. The topological polar surface area (TPSA) is 46.5 Å². The molecule has 0 saturated carbocycles. The highest BCUT2D eigenvalue weighted by molar-refractivity contribution is 6.37. The van der Waals surface area contributed by atoms with Gasteiger partial charge in [-0.3, -0.25) is 0 Å². The molecule has 0 aliphatic carbocycles. The zero-order chi connectivity index (χ0) is 10.0. The highest BCUT2D eigenvalue weighted by Crippen LogP contribution is 2.30. The van der Waals surface area contributed by atoms with Crippen LogP contribution in [0.1, 0.15) is 10.4 Å². The molecule has 0 heterocycles. The molecule has 6 heteroatoms. The number of carbonyl (C=O) groups is 1. The van der Waals surface area contributed by atoms with Crippen LogP contribution in [0.25, 0.3) is 0 Å². The summed E-state index contributed by atoms with van der Waals surface area (Å²) in [6.07, 6.45) is 0. The molecule has 78 valence electrons. The van der Waals surface area contributed by atoms with Crippen molar-refractivity contribution in [2.24, 2.45) is 0 Å². The second-order valence-corrected chi connectivity index (χ2v) is 3.11. The first-order chi connectivity index (χ1) is 6.06. The number of hydrogen-bond acceptors (Lipinski definition) is 2. The normalized spacial score (nSPS) is 9.07. The Labute approximate surface area is 97.0 Å². The van der Waals surface area contributed by atoms with Crippen molar-refractivity contribution >= 4 is 41.6 Å². The van der Waals surface area contributed by atoms with Crippen molar-refractivity contribution in [2.75, 3.05) is 7.11 Å².